The van der Waals surface area contributed by atoms with Gasteiger partial charge in [-0.25, -0.2) is 25.9 Å². The Hall–Kier alpha value is -6.67. The molecule has 25 heteroatoms. The molecule has 17 nitrogen and oxygen atoms in total. The van der Waals surface area contributed by atoms with Crippen LogP contribution in [0.4, 0.5) is 28.9 Å². The summed E-state index contributed by atoms with van der Waals surface area (Å²) in [6, 6.07) is 26.6. The second-order valence-corrected chi connectivity index (χ2v) is 29.0. The summed E-state index contributed by atoms with van der Waals surface area (Å²) in [4.78, 5) is 72.8. The number of rotatable bonds is 19. The molecule has 5 aromatic rings. The minimum Gasteiger partial charge on any atom is -0.380 e. The Morgan fingerprint density at radius 1 is 0.828 bits per heavy atom. The number of hydrogen-bond donors (Lipinski definition) is 3. The van der Waals surface area contributed by atoms with Gasteiger partial charge < -0.3 is 10.2 Å². The molecule has 4 atom stereocenters. The number of carbonyl (C=O) groups excluding carboxylic acids is 5. The van der Waals surface area contributed by atoms with Crippen molar-refractivity contribution in [2.24, 2.45) is 5.41 Å². The molecule has 5 amide bonds. The Bertz CT molecular complexity index is 3780. The second kappa shape index (κ2) is 24.7. The van der Waals surface area contributed by atoms with Crippen LogP contribution in [0.15, 0.2) is 129 Å². The number of piperazine rings is 2. The number of carbonyl (C=O) groups is 5. The lowest BCUT2D eigenvalue weighted by molar-refractivity contribution is -0.136. The number of piperidine rings is 2. The zero-order valence-electron chi connectivity index (χ0n) is 47.7. The van der Waals surface area contributed by atoms with Crippen LogP contribution in [0.3, 0.4) is 0 Å². The third kappa shape index (κ3) is 13.2. The Balaban J connectivity index is 0.734. The lowest BCUT2D eigenvalue weighted by Crippen LogP contribution is -2.68. The summed E-state index contributed by atoms with van der Waals surface area (Å²) in [7, 11) is -11.1. The number of alkyl halides is 3. The highest BCUT2D eigenvalue weighted by Crippen LogP contribution is 2.44. The number of amides is 5. The first-order chi connectivity index (χ1) is 41.3. The van der Waals surface area contributed by atoms with E-state index in [2.05, 4.69) is 51.3 Å². The van der Waals surface area contributed by atoms with E-state index in [4.69, 9.17) is 11.6 Å². The van der Waals surface area contributed by atoms with Crippen LogP contribution in [0.1, 0.15) is 101 Å². The Labute approximate surface area is 511 Å². The summed E-state index contributed by atoms with van der Waals surface area (Å²) in [5.74, 6) is -4.81. The zero-order chi connectivity index (χ0) is 61.7. The number of nitrogens with zero attached hydrogens (tertiary/aromatic N) is 5. The van der Waals surface area contributed by atoms with Crippen molar-refractivity contribution >= 4 is 89.7 Å². The normalized spacial score (nSPS) is 21.6. The highest BCUT2D eigenvalue weighted by molar-refractivity contribution is 7.99. The molecule has 5 saturated heterocycles. The molecule has 7 aliphatic rings. The molecule has 0 radical (unpaired) electrons. The van der Waals surface area contributed by atoms with Crippen molar-refractivity contribution in [2.75, 3.05) is 68.3 Å². The molecular formula is C62H65ClF4N8O9S3. The number of imide groups is 2. The van der Waals surface area contributed by atoms with Crippen LogP contribution >= 0.6 is 23.4 Å². The van der Waals surface area contributed by atoms with E-state index in [1.54, 1.807) is 12.1 Å². The average Bonchev–Trinajstić information content (AvgIpc) is 1.86. The van der Waals surface area contributed by atoms with E-state index >= 15 is 4.39 Å². The minimum atomic E-state index is -6.19. The van der Waals surface area contributed by atoms with Crippen molar-refractivity contribution in [2.45, 2.75) is 110 Å². The number of allylic oxidation sites excluding steroid dienone is 1. The number of nitrogens with one attached hydrogen (secondary N) is 3. The molecule has 3 N–H and O–H groups in total. The number of hydrogen-bond acceptors (Lipinski definition) is 15. The summed E-state index contributed by atoms with van der Waals surface area (Å²) < 4.78 is 116. The largest absolute Gasteiger partial charge is 0.501 e. The summed E-state index contributed by atoms with van der Waals surface area (Å²) in [6.07, 6.45) is 4.01. The highest BCUT2D eigenvalue weighted by Gasteiger charge is 2.50. The van der Waals surface area contributed by atoms with Gasteiger partial charge in [0.1, 0.15) is 16.8 Å². The summed E-state index contributed by atoms with van der Waals surface area (Å²) >= 11 is 7.59. The van der Waals surface area contributed by atoms with Crippen LogP contribution in [0.2, 0.25) is 5.02 Å². The first kappa shape index (κ1) is 62.0. The van der Waals surface area contributed by atoms with E-state index in [9.17, 15) is 54.0 Å². The van der Waals surface area contributed by atoms with Crippen LogP contribution in [-0.4, -0.2) is 154 Å². The molecule has 5 fully saturated rings. The Kier molecular flexibility index (Phi) is 17.6. The van der Waals surface area contributed by atoms with Crippen molar-refractivity contribution in [3.63, 3.8) is 0 Å². The molecule has 6 heterocycles. The van der Waals surface area contributed by atoms with Crippen LogP contribution in [0.25, 0.3) is 5.57 Å². The Morgan fingerprint density at radius 3 is 2.21 bits per heavy atom. The number of sulfone groups is 1. The van der Waals surface area contributed by atoms with Gasteiger partial charge in [0.15, 0.2) is 0 Å². The summed E-state index contributed by atoms with van der Waals surface area (Å²) in [5.41, 5.74) is -1.81. The fourth-order valence-electron chi connectivity index (χ4n) is 12.8. The standard InChI is InChI=1S/C62H65ClF4N8O9S3/c1-61(2)24-22-49(38-8-13-42(63)14-9-38)41(32-61)34-71-26-28-73(29-27-71)44-15-10-39(11-16-44)57(77)70-87(83,84)48-17-19-51(53(31-48)86(81,82)62(65,66)67)68-43(37-85-47-6-4-3-5-7-47)23-25-74-45-30-46(74)36-72(35-45)33-40-12-18-50-55(56(40)64)60(80)75(59(50)79)52-20-21-54(76)69-58(52)78/h3-19,31,43,45-46,52,68H,20-30,32-37H2,1-2H3,(H,70,77)(H,69,76,78)/t43-,45?,46?,52?/m1/s1. The van der Waals surface area contributed by atoms with Gasteiger partial charge in [-0.05, 0) is 128 Å². The van der Waals surface area contributed by atoms with Gasteiger partial charge >= 0.3 is 5.51 Å². The van der Waals surface area contributed by atoms with E-state index in [0.29, 0.717) is 55.1 Å². The van der Waals surface area contributed by atoms with Crippen molar-refractivity contribution in [1.82, 2.24) is 29.6 Å². The number of thioether (sulfide) groups is 1. The summed E-state index contributed by atoms with van der Waals surface area (Å²) in [5, 5.41) is 5.83. The third-order valence-electron chi connectivity index (χ3n) is 17.5. The lowest BCUT2D eigenvalue weighted by atomic mass is 9.73. The maximum Gasteiger partial charge on any atom is 0.501 e. The summed E-state index contributed by atoms with van der Waals surface area (Å²) in [6.45, 7) is 9.89. The smallest absolute Gasteiger partial charge is 0.380 e. The van der Waals surface area contributed by atoms with Gasteiger partial charge in [-0.1, -0.05) is 67.4 Å². The van der Waals surface area contributed by atoms with Gasteiger partial charge in [-0.3, -0.25) is 48.9 Å². The molecule has 3 unspecified atom stereocenters. The molecule has 0 saturated carbocycles. The maximum atomic E-state index is 16.2. The van der Waals surface area contributed by atoms with Crippen molar-refractivity contribution < 1.29 is 58.4 Å². The van der Waals surface area contributed by atoms with Crippen molar-refractivity contribution in [3.05, 3.63) is 153 Å². The van der Waals surface area contributed by atoms with Crippen LogP contribution in [0.5, 0.6) is 0 Å². The number of sulfonamides is 1. The molecule has 12 rings (SSSR count). The first-order valence-electron chi connectivity index (χ1n) is 28.8. The van der Waals surface area contributed by atoms with Gasteiger partial charge in [-0.15, -0.1) is 11.8 Å². The quantitative estimate of drug-likeness (QED) is 0.0401. The molecule has 2 bridgehead atoms. The highest BCUT2D eigenvalue weighted by atomic mass is 35.5. The monoisotopic (exact) mass is 1270 g/mol. The van der Waals surface area contributed by atoms with E-state index in [-0.39, 0.29) is 59.3 Å². The van der Waals surface area contributed by atoms with Gasteiger partial charge in [0.2, 0.25) is 11.8 Å². The number of anilines is 2. The predicted molar refractivity (Wildman–Crippen MR) is 322 cm³/mol. The molecule has 87 heavy (non-hydrogen) atoms. The van der Waals surface area contributed by atoms with Crippen molar-refractivity contribution in [3.8, 4) is 0 Å². The van der Waals surface area contributed by atoms with Gasteiger partial charge in [0.25, 0.3) is 37.6 Å². The molecule has 1 aliphatic carbocycles. The van der Waals surface area contributed by atoms with E-state index in [1.807, 2.05) is 52.1 Å². The van der Waals surface area contributed by atoms with Crippen LogP contribution in [0, 0.1) is 11.2 Å². The molecule has 0 aromatic heterocycles. The van der Waals surface area contributed by atoms with Gasteiger partial charge in [0.05, 0.1) is 21.7 Å². The third-order valence-corrected chi connectivity index (χ3v) is 21.7. The number of benzene rings is 5. The van der Waals surface area contributed by atoms with Crippen LogP contribution < -0.4 is 20.3 Å². The van der Waals surface area contributed by atoms with Crippen molar-refractivity contribution in [1.29, 1.82) is 0 Å². The van der Waals surface area contributed by atoms with E-state index in [1.165, 1.54) is 52.7 Å². The minimum absolute atomic E-state index is 0.0195. The average molecular weight is 1270 g/mol. The maximum absolute atomic E-state index is 16.2. The second-order valence-electron chi connectivity index (χ2n) is 23.9. The fraction of sp³-hybridized carbons (Fsp3) is 0.403. The predicted octanol–water partition coefficient (Wildman–Crippen LogP) is 9.00. The topological polar surface area (TPSA) is 206 Å². The first-order valence-corrected chi connectivity index (χ1v) is 33.2. The van der Waals surface area contributed by atoms with Gasteiger partial charge in [-0.2, -0.15) is 13.2 Å². The fourth-order valence-corrected chi connectivity index (χ4v) is 16.0. The number of fused-ring (bicyclic) bond motifs is 3. The van der Waals surface area contributed by atoms with Crippen LogP contribution in [-0.2, 0) is 36.0 Å². The molecule has 0 spiro atoms. The van der Waals surface area contributed by atoms with E-state index in [0.717, 1.165) is 68.0 Å². The molecule has 5 aromatic carbocycles. The van der Waals surface area contributed by atoms with Gasteiger partial charge in [0, 0.05) is 116 Å². The molecule has 460 valence electrons. The Morgan fingerprint density at radius 2 is 1.53 bits per heavy atom. The molecular weight excluding hydrogens is 1210 g/mol. The molecule has 6 aliphatic heterocycles. The van der Waals surface area contributed by atoms with E-state index < -0.39 is 93.8 Å². The zero-order valence-corrected chi connectivity index (χ0v) is 51.0. The number of halogens is 5. The SMILES string of the molecule is CC1(C)CCC(c2ccc(Cl)cc2)=C(CN2CCN(c3ccc(C(=O)NS(=O)(=O)c4ccc(N[C@H](CCN5C6CC5CN(Cc5ccc7c(c5F)C(=O)N(C5CCC(=O)NC5=O)C7=O)C6)CSc5ccccc5)c(S(=O)(=O)C(F)(F)F)c4)cc3)CC2)C1. The lowest BCUT2D eigenvalue weighted by Gasteiger charge is -2.57.